The maximum absolute atomic E-state index is 12.0. The second kappa shape index (κ2) is 5.32. The highest BCUT2D eigenvalue weighted by atomic mass is 35.5. The monoisotopic (exact) mass is 300 g/mol. The van der Waals surface area contributed by atoms with Crippen LogP contribution in [0.5, 0.6) is 0 Å². The molecule has 0 aliphatic heterocycles. The molecule has 0 aliphatic carbocycles. The molecule has 1 aromatic heterocycles. The number of halogens is 1. The van der Waals surface area contributed by atoms with Crippen LogP contribution in [-0.4, -0.2) is 13.4 Å². The molecule has 19 heavy (non-hydrogen) atoms. The van der Waals surface area contributed by atoms with E-state index in [4.69, 9.17) is 16.0 Å². The summed E-state index contributed by atoms with van der Waals surface area (Å²) in [5.74, 6) is 1.01. The molecule has 5 nitrogen and oxygen atoms in total. The van der Waals surface area contributed by atoms with Crippen LogP contribution in [0.4, 0.5) is 0 Å². The number of rotatable bonds is 4. The van der Waals surface area contributed by atoms with Crippen LogP contribution in [-0.2, 0) is 16.6 Å². The standard InChI is InChI=1S/C12H13ClN2O3S/c1-8-12(18-9(2)15-8)7-14-19(16,17)11-5-3-4-10(13)6-11/h3-6,14H,7H2,1-2H3. The summed E-state index contributed by atoms with van der Waals surface area (Å²) in [5.41, 5.74) is 0.672. The predicted molar refractivity (Wildman–Crippen MR) is 71.5 cm³/mol. The lowest BCUT2D eigenvalue weighted by atomic mass is 10.4. The summed E-state index contributed by atoms with van der Waals surface area (Å²) >= 11 is 5.78. The van der Waals surface area contributed by atoms with E-state index in [0.717, 1.165) is 0 Å². The van der Waals surface area contributed by atoms with Crippen molar-refractivity contribution in [2.75, 3.05) is 0 Å². The van der Waals surface area contributed by atoms with Crippen LogP contribution in [0.3, 0.4) is 0 Å². The molecular formula is C12H13ClN2O3S. The van der Waals surface area contributed by atoms with E-state index in [1.165, 1.54) is 12.1 Å². The molecular weight excluding hydrogens is 288 g/mol. The Labute approximate surface area is 116 Å². The van der Waals surface area contributed by atoms with Gasteiger partial charge in [-0.2, -0.15) is 0 Å². The molecule has 0 spiro atoms. The Morgan fingerprint density at radius 1 is 1.37 bits per heavy atom. The first-order valence-corrected chi connectivity index (χ1v) is 7.43. The van der Waals surface area contributed by atoms with Gasteiger partial charge in [0.15, 0.2) is 5.89 Å². The molecule has 0 saturated heterocycles. The van der Waals surface area contributed by atoms with Crippen molar-refractivity contribution in [3.05, 3.63) is 46.6 Å². The van der Waals surface area contributed by atoms with Gasteiger partial charge in [0.25, 0.3) is 0 Å². The van der Waals surface area contributed by atoms with Gasteiger partial charge in [0.05, 0.1) is 17.1 Å². The molecule has 2 rings (SSSR count). The minimum absolute atomic E-state index is 0.0571. The topological polar surface area (TPSA) is 72.2 Å². The van der Waals surface area contributed by atoms with Gasteiger partial charge in [0.2, 0.25) is 10.0 Å². The highest BCUT2D eigenvalue weighted by molar-refractivity contribution is 7.89. The summed E-state index contributed by atoms with van der Waals surface area (Å²) in [5, 5.41) is 0.370. The van der Waals surface area contributed by atoms with Gasteiger partial charge in [-0.3, -0.25) is 0 Å². The number of oxazole rings is 1. The third-order valence-electron chi connectivity index (χ3n) is 2.53. The van der Waals surface area contributed by atoms with Crippen molar-refractivity contribution in [2.24, 2.45) is 0 Å². The van der Waals surface area contributed by atoms with Crippen LogP contribution in [0.15, 0.2) is 33.6 Å². The average molecular weight is 301 g/mol. The van der Waals surface area contributed by atoms with Crippen LogP contribution in [0.1, 0.15) is 17.3 Å². The zero-order valence-electron chi connectivity index (χ0n) is 10.5. The largest absolute Gasteiger partial charge is 0.444 e. The third kappa shape index (κ3) is 3.34. The molecule has 0 aliphatic rings. The van der Waals surface area contributed by atoms with Crippen molar-refractivity contribution in [1.82, 2.24) is 9.71 Å². The van der Waals surface area contributed by atoms with Gasteiger partial charge in [0, 0.05) is 11.9 Å². The number of aryl methyl sites for hydroxylation is 2. The molecule has 102 valence electrons. The van der Waals surface area contributed by atoms with Crippen LogP contribution < -0.4 is 4.72 Å². The van der Waals surface area contributed by atoms with E-state index in [-0.39, 0.29) is 11.4 Å². The van der Waals surface area contributed by atoms with Crippen molar-refractivity contribution in [3.8, 4) is 0 Å². The molecule has 0 saturated carbocycles. The fraction of sp³-hybridized carbons (Fsp3) is 0.250. The minimum Gasteiger partial charge on any atom is -0.444 e. The highest BCUT2D eigenvalue weighted by Crippen LogP contribution is 2.16. The normalized spacial score (nSPS) is 11.7. The number of sulfonamides is 1. The Morgan fingerprint density at radius 2 is 2.11 bits per heavy atom. The summed E-state index contributed by atoms with van der Waals surface area (Å²) < 4.78 is 31.8. The van der Waals surface area contributed by atoms with Crippen molar-refractivity contribution in [2.45, 2.75) is 25.3 Å². The fourth-order valence-electron chi connectivity index (χ4n) is 1.62. The summed E-state index contributed by atoms with van der Waals surface area (Å²) in [4.78, 5) is 4.20. The van der Waals surface area contributed by atoms with Crippen LogP contribution in [0.25, 0.3) is 0 Å². The van der Waals surface area contributed by atoms with Gasteiger partial charge >= 0.3 is 0 Å². The minimum atomic E-state index is -3.61. The SMILES string of the molecule is Cc1nc(C)c(CNS(=O)(=O)c2cccc(Cl)c2)o1. The first-order valence-electron chi connectivity index (χ1n) is 5.56. The number of aromatic nitrogens is 1. The first-order chi connectivity index (χ1) is 8.88. The molecule has 0 fully saturated rings. The molecule has 2 aromatic rings. The maximum Gasteiger partial charge on any atom is 0.241 e. The Morgan fingerprint density at radius 3 is 2.68 bits per heavy atom. The van der Waals surface area contributed by atoms with E-state index in [2.05, 4.69) is 9.71 Å². The van der Waals surface area contributed by atoms with E-state index in [1.54, 1.807) is 26.0 Å². The summed E-state index contributed by atoms with van der Waals surface area (Å²) in [7, 11) is -3.61. The van der Waals surface area contributed by atoms with E-state index >= 15 is 0 Å². The second-order valence-corrected chi connectivity index (χ2v) is 6.23. The van der Waals surface area contributed by atoms with Gasteiger partial charge in [-0.15, -0.1) is 0 Å². The molecule has 0 radical (unpaired) electrons. The maximum atomic E-state index is 12.0. The van der Waals surface area contributed by atoms with Crippen LogP contribution in [0.2, 0.25) is 5.02 Å². The molecule has 1 N–H and O–H groups in total. The van der Waals surface area contributed by atoms with Crippen molar-refractivity contribution in [3.63, 3.8) is 0 Å². The van der Waals surface area contributed by atoms with Crippen LogP contribution >= 0.6 is 11.6 Å². The smallest absolute Gasteiger partial charge is 0.241 e. The summed E-state index contributed by atoms with van der Waals surface area (Å²) in [6.07, 6.45) is 0. The summed E-state index contributed by atoms with van der Waals surface area (Å²) in [6, 6.07) is 6.07. The number of nitrogens with zero attached hydrogens (tertiary/aromatic N) is 1. The number of hydrogen-bond acceptors (Lipinski definition) is 4. The molecule has 7 heteroatoms. The number of nitrogens with one attached hydrogen (secondary N) is 1. The van der Waals surface area contributed by atoms with Crippen molar-refractivity contribution >= 4 is 21.6 Å². The number of benzene rings is 1. The van der Waals surface area contributed by atoms with E-state index < -0.39 is 10.0 Å². The molecule has 0 atom stereocenters. The Bertz CT molecular complexity index is 695. The zero-order chi connectivity index (χ0) is 14.0. The predicted octanol–water partition coefficient (Wildman–Crippen LogP) is 2.42. The quantitative estimate of drug-likeness (QED) is 0.941. The van der Waals surface area contributed by atoms with Crippen molar-refractivity contribution < 1.29 is 12.8 Å². The molecule has 0 amide bonds. The van der Waals surface area contributed by atoms with Crippen LogP contribution in [0, 0.1) is 13.8 Å². The van der Waals surface area contributed by atoms with Gasteiger partial charge in [-0.05, 0) is 25.1 Å². The Hall–Kier alpha value is -1.37. The number of hydrogen-bond donors (Lipinski definition) is 1. The lowest BCUT2D eigenvalue weighted by Crippen LogP contribution is -2.23. The van der Waals surface area contributed by atoms with Gasteiger partial charge in [-0.1, -0.05) is 17.7 Å². The second-order valence-electron chi connectivity index (χ2n) is 4.02. The Kier molecular flexibility index (Phi) is 3.93. The lowest BCUT2D eigenvalue weighted by molar-refractivity contribution is 0.466. The average Bonchev–Trinajstić information content (AvgIpc) is 2.65. The highest BCUT2D eigenvalue weighted by Gasteiger charge is 2.16. The fourth-order valence-corrected chi connectivity index (χ4v) is 2.90. The Balaban J connectivity index is 2.16. The zero-order valence-corrected chi connectivity index (χ0v) is 12.0. The first kappa shape index (κ1) is 14.0. The van der Waals surface area contributed by atoms with Gasteiger partial charge < -0.3 is 4.42 Å². The van der Waals surface area contributed by atoms with E-state index in [1.807, 2.05) is 0 Å². The molecule has 0 unspecified atom stereocenters. The van der Waals surface area contributed by atoms with Crippen molar-refractivity contribution in [1.29, 1.82) is 0 Å². The third-order valence-corrected chi connectivity index (χ3v) is 4.16. The van der Waals surface area contributed by atoms with E-state index in [0.29, 0.717) is 22.4 Å². The molecule has 1 aromatic carbocycles. The van der Waals surface area contributed by atoms with E-state index in [9.17, 15) is 8.42 Å². The molecule has 1 heterocycles. The molecule has 0 bridgehead atoms. The summed E-state index contributed by atoms with van der Waals surface area (Å²) in [6.45, 7) is 3.53. The van der Waals surface area contributed by atoms with Gasteiger partial charge in [-0.25, -0.2) is 18.1 Å². The lowest BCUT2D eigenvalue weighted by Gasteiger charge is -2.05. The van der Waals surface area contributed by atoms with Gasteiger partial charge in [0.1, 0.15) is 5.76 Å².